The van der Waals surface area contributed by atoms with Gasteiger partial charge in [-0.1, -0.05) is 0 Å². The minimum atomic E-state index is -1.97. The highest BCUT2D eigenvalue weighted by molar-refractivity contribution is 5.56. The highest BCUT2D eigenvalue weighted by Crippen LogP contribution is 2.26. The number of aliphatic hydroxyl groups excluding tert-OH is 7. The molecule has 1 saturated heterocycles. The van der Waals surface area contributed by atoms with Gasteiger partial charge in [-0.2, -0.15) is 5.26 Å². The monoisotopic (exact) mass is 351 g/mol. The van der Waals surface area contributed by atoms with Gasteiger partial charge >= 0.3 is 0 Å². The largest absolute Gasteiger partial charge is 0.394 e. The van der Waals surface area contributed by atoms with Gasteiger partial charge in [0.2, 0.25) is 0 Å². The van der Waals surface area contributed by atoms with Crippen LogP contribution in [0.1, 0.15) is 6.42 Å². The molecule has 0 aromatic rings. The van der Waals surface area contributed by atoms with E-state index in [0.717, 1.165) is 0 Å². The molecule has 24 heavy (non-hydrogen) atoms. The third kappa shape index (κ3) is 4.67. The van der Waals surface area contributed by atoms with E-state index >= 15 is 0 Å². The average molecular weight is 351 g/mol. The second-order valence-electron chi connectivity index (χ2n) is 5.34. The molecule has 11 heteroatoms. The summed E-state index contributed by atoms with van der Waals surface area (Å²) in [7, 11) is 0. The van der Waals surface area contributed by atoms with E-state index in [1.807, 2.05) is 0 Å². The fourth-order valence-corrected chi connectivity index (χ4v) is 2.22. The predicted octanol–water partition coefficient (Wildman–Crippen LogP) is -4.63. The quantitative estimate of drug-likeness (QED) is 0.207. The van der Waals surface area contributed by atoms with Crippen LogP contribution in [0.4, 0.5) is 0 Å². The Balaban J connectivity index is 2.94. The SMILES string of the molecule is N#CC[C@H]1OC(O[C@@H]([C@H](O)[C@@H](O)C=O)[C@H](O)CO)[C@H](O)[C@@H](O)[C@@H]1O. The third-order valence-electron chi connectivity index (χ3n) is 3.64. The molecule has 1 rings (SSSR count). The van der Waals surface area contributed by atoms with Crippen LogP contribution >= 0.6 is 0 Å². The summed E-state index contributed by atoms with van der Waals surface area (Å²) < 4.78 is 10.2. The van der Waals surface area contributed by atoms with Gasteiger partial charge in [0, 0.05) is 0 Å². The highest BCUT2D eigenvalue weighted by Gasteiger charge is 2.46. The minimum Gasteiger partial charge on any atom is -0.394 e. The van der Waals surface area contributed by atoms with Crippen LogP contribution in [0.3, 0.4) is 0 Å². The molecule has 9 atom stereocenters. The second-order valence-corrected chi connectivity index (χ2v) is 5.34. The van der Waals surface area contributed by atoms with Crippen molar-refractivity contribution in [1.29, 1.82) is 5.26 Å². The zero-order valence-electron chi connectivity index (χ0n) is 12.5. The number of nitrogens with zero attached hydrogens (tertiary/aromatic N) is 1. The lowest BCUT2D eigenvalue weighted by Gasteiger charge is -2.42. The van der Waals surface area contributed by atoms with Crippen molar-refractivity contribution < 1.29 is 50.0 Å². The molecule has 0 aliphatic carbocycles. The Morgan fingerprint density at radius 1 is 1.17 bits per heavy atom. The van der Waals surface area contributed by atoms with Crippen LogP contribution in [-0.2, 0) is 14.3 Å². The summed E-state index contributed by atoms with van der Waals surface area (Å²) in [6, 6.07) is 1.70. The lowest BCUT2D eigenvalue weighted by molar-refractivity contribution is -0.322. The number of hydrogen-bond acceptors (Lipinski definition) is 11. The van der Waals surface area contributed by atoms with E-state index in [9.17, 15) is 35.4 Å². The molecule has 0 bridgehead atoms. The number of carbonyl (C=O) groups is 1. The van der Waals surface area contributed by atoms with E-state index in [4.69, 9.17) is 19.8 Å². The van der Waals surface area contributed by atoms with E-state index in [0.29, 0.717) is 0 Å². The first-order valence-corrected chi connectivity index (χ1v) is 7.10. The Bertz CT molecular complexity index is 443. The average Bonchev–Trinajstić information content (AvgIpc) is 2.59. The molecule has 7 N–H and O–H groups in total. The molecule has 1 aliphatic heterocycles. The van der Waals surface area contributed by atoms with Crippen LogP contribution < -0.4 is 0 Å². The van der Waals surface area contributed by atoms with E-state index in [1.165, 1.54) is 0 Å². The molecule has 138 valence electrons. The van der Waals surface area contributed by atoms with Crippen molar-refractivity contribution in [3.8, 4) is 6.07 Å². The first-order valence-electron chi connectivity index (χ1n) is 7.10. The third-order valence-corrected chi connectivity index (χ3v) is 3.64. The number of hydrogen-bond donors (Lipinski definition) is 7. The zero-order valence-corrected chi connectivity index (χ0v) is 12.5. The number of carbonyl (C=O) groups excluding carboxylic acids is 1. The van der Waals surface area contributed by atoms with Crippen LogP contribution in [0, 0.1) is 11.3 Å². The summed E-state index contributed by atoms with van der Waals surface area (Å²) in [4.78, 5) is 10.6. The normalized spacial score (nSPS) is 35.5. The van der Waals surface area contributed by atoms with Gasteiger partial charge in [0.15, 0.2) is 12.6 Å². The Morgan fingerprint density at radius 3 is 2.29 bits per heavy atom. The highest BCUT2D eigenvalue weighted by atomic mass is 16.7. The number of aliphatic hydroxyl groups is 7. The molecule has 0 aromatic heterocycles. The maximum atomic E-state index is 10.6. The standard InChI is InChI=1S/C13H21NO10/c14-2-1-7-9(20)10(21)11(22)13(23-7)24-12(6(18)4-16)8(19)5(17)3-15/h3,5-13,16-22H,1,4H2/t5-,6+,7+,8+,9+,10-,11+,12+,13?/m0/s1. The van der Waals surface area contributed by atoms with E-state index in [1.54, 1.807) is 6.07 Å². The smallest absolute Gasteiger partial charge is 0.187 e. The maximum absolute atomic E-state index is 10.6. The van der Waals surface area contributed by atoms with Gasteiger partial charge < -0.3 is 50.0 Å². The molecule has 0 amide bonds. The lowest BCUT2D eigenvalue weighted by Crippen LogP contribution is -2.60. The van der Waals surface area contributed by atoms with E-state index in [2.05, 4.69) is 0 Å². The van der Waals surface area contributed by atoms with Gasteiger partial charge in [0.25, 0.3) is 0 Å². The Hall–Kier alpha value is -1.20. The van der Waals surface area contributed by atoms with Gasteiger partial charge in [-0.15, -0.1) is 0 Å². The first kappa shape index (κ1) is 20.8. The summed E-state index contributed by atoms with van der Waals surface area (Å²) in [6.07, 6.45) is -15.9. The maximum Gasteiger partial charge on any atom is 0.187 e. The van der Waals surface area contributed by atoms with Gasteiger partial charge in [0.05, 0.1) is 19.1 Å². The molecule has 0 saturated carbocycles. The zero-order chi connectivity index (χ0) is 18.4. The number of rotatable bonds is 8. The molecule has 0 spiro atoms. The predicted molar refractivity (Wildman–Crippen MR) is 73.0 cm³/mol. The number of nitriles is 1. The van der Waals surface area contributed by atoms with Crippen LogP contribution in [-0.4, -0.2) is 104 Å². The fraction of sp³-hybridized carbons (Fsp3) is 0.846. The molecule has 1 fully saturated rings. The van der Waals surface area contributed by atoms with Gasteiger partial charge in [-0.05, 0) is 0 Å². The molecule has 1 heterocycles. The molecular formula is C13H21NO10. The molecule has 1 unspecified atom stereocenters. The van der Waals surface area contributed by atoms with Crippen molar-refractivity contribution in [2.75, 3.05) is 6.61 Å². The van der Waals surface area contributed by atoms with Crippen LogP contribution in [0.25, 0.3) is 0 Å². The molecule has 11 nitrogen and oxygen atoms in total. The fourth-order valence-electron chi connectivity index (χ4n) is 2.22. The Morgan fingerprint density at radius 2 is 1.79 bits per heavy atom. The van der Waals surface area contributed by atoms with Crippen molar-refractivity contribution in [3.63, 3.8) is 0 Å². The summed E-state index contributed by atoms with van der Waals surface area (Å²) >= 11 is 0. The first-order chi connectivity index (χ1) is 11.3. The van der Waals surface area contributed by atoms with E-state index < -0.39 is 61.7 Å². The van der Waals surface area contributed by atoms with Crippen molar-refractivity contribution in [2.45, 2.75) is 61.5 Å². The Labute approximate surface area is 136 Å². The van der Waals surface area contributed by atoms with Crippen molar-refractivity contribution in [3.05, 3.63) is 0 Å². The summed E-state index contributed by atoms with van der Waals surface area (Å²) in [5, 5.41) is 75.8. The van der Waals surface area contributed by atoms with Gasteiger partial charge in [-0.25, -0.2) is 0 Å². The number of ether oxygens (including phenoxy) is 2. The van der Waals surface area contributed by atoms with Gasteiger partial charge in [-0.3, -0.25) is 0 Å². The molecule has 0 aromatic carbocycles. The van der Waals surface area contributed by atoms with Crippen molar-refractivity contribution in [1.82, 2.24) is 0 Å². The Kier molecular flexibility index (Phi) is 8.10. The molecular weight excluding hydrogens is 330 g/mol. The molecule has 1 aliphatic rings. The second kappa shape index (κ2) is 9.33. The van der Waals surface area contributed by atoms with Crippen molar-refractivity contribution >= 4 is 6.29 Å². The minimum absolute atomic E-state index is 0.0274. The summed E-state index contributed by atoms with van der Waals surface area (Å²) in [5.41, 5.74) is 0. The van der Waals surface area contributed by atoms with Gasteiger partial charge in [0.1, 0.15) is 48.8 Å². The van der Waals surface area contributed by atoms with Crippen LogP contribution in [0.15, 0.2) is 0 Å². The van der Waals surface area contributed by atoms with Crippen molar-refractivity contribution in [2.24, 2.45) is 0 Å². The topological polar surface area (TPSA) is 201 Å². The van der Waals surface area contributed by atoms with E-state index in [-0.39, 0.29) is 12.7 Å². The lowest BCUT2D eigenvalue weighted by atomic mass is 9.97. The van der Waals surface area contributed by atoms with Crippen LogP contribution in [0.5, 0.6) is 0 Å². The number of aldehydes is 1. The van der Waals surface area contributed by atoms with Crippen LogP contribution in [0.2, 0.25) is 0 Å². The molecule has 0 radical (unpaired) electrons. The summed E-state index contributed by atoms with van der Waals surface area (Å²) in [5.74, 6) is 0. The summed E-state index contributed by atoms with van der Waals surface area (Å²) in [6.45, 7) is -0.914.